The molecule has 1 aromatic carbocycles. The standard InChI is InChI=1S/C17H12ClN3O3/c18-12-3-4-13(20-16(22)11-5-7-19-8-6-11)14(10-12)21-17(23)15-2-1-9-24-15/h1-10H,(H,20,22)(H,21,23). The number of hydrogen-bond donors (Lipinski definition) is 2. The summed E-state index contributed by atoms with van der Waals surface area (Å²) in [7, 11) is 0. The first-order valence-corrected chi connectivity index (χ1v) is 7.37. The van der Waals surface area contributed by atoms with E-state index in [9.17, 15) is 9.59 Å². The van der Waals surface area contributed by atoms with Crippen molar-refractivity contribution in [2.75, 3.05) is 10.6 Å². The molecule has 3 rings (SSSR count). The van der Waals surface area contributed by atoms with Crippen molar-refractivity contribution in [3.8, 4) is 0 Å². The van der Waals surface area contributed by atoms with Crippen molar-refractivity contribution in [2.24, 2.45) is 0 Å². The van der Waals surface area contributed by atoms with E-state index >= 15 is 0 Å². The minimum Gasteiger partial charge on any atom is -0.459 e. The first-order valence-electron chi connectivity index (χ1n) is 6.99. The first kappa shape index (κ1) is 15.8. The fraction of sp³-hybridized carbons (Fsp3) is 0. The third kappa shape index (κ3) is 3.61. The molecule has 2 aromatic heterocycles. The van der Waals surface area contributed by atoms with E-state index in [0.29, 0.717) is 22.0 Å². The Hall–Kier alpha value is -3.12. The van der Waals surface area contributed by atoms with Crippen LogP contribution in [0.5, 0.6) is 0 Å². The van der Waals surface area contributed by atoms with E-state index < -0.39 is 5.91 Å². The molecule has 0 aliphatic heterocycles. The van der Waals surface area contributed by atoms with Gasteiger partial charge >= 0.3 is 0 Å². The van der Waals surface area contributed by atoms with E-state index in [0.717, 1.165) is 0 Å². The second-order valence-electron chi connectivity index (χ2n) is 4.81. The molecule has 0 aliphatic carbocycles. The molecule has 2 N–H and O–H groups in total. The number of rotatable bonds is 4. The minimum atomic E-state index is -0.443. The predicted octanol–water partition coefficient (Wildman–Crippen LogP) is 3.83. The van der Waals surface area contributed by atoms with E-state index in [1.165, 1.54) is 24.7 Å². The molecule has 3 aromatic rings. The van der Waals surface area contributed by atoms with Gasteiger partial charge in [0, 0.05) is 23.0 Å². The zero-order chi connectivity index (χ0) is 16.9. The Kier molecular flexibility index (Phi) is 4.58. The summed E-state index contributed by atoms with van der Waals surface area (Å²) in [6.45, 7) is 0. The molecule has 2 amide bonds. The third-order valence-electron chi connectivity index (χ3n) is 3.17. The highest BCUT2D eigenvalue weighted by atomic mass is 35.5. The number of anilines is 2. The molecule has 0 saturated carbocycles. The van der Waals surface area contributed by atoms with Gasteiger partial charge in [0.2, 0.25) is 0 Å². The van der Waals surface area contributed by atoms with Crippen molar-refractivity contribution in [1.29, 1.82) is 0 Å². The van der Waals surface area contributed by atoms with E-state index in [-0.39, 0.29) is 11.7 Å². The van der Waals surface area contributed by atoms with Gasteiger partial charge in [-0.15, -0.1) is 0 Å². The van der Waals surface area contributed by atoms with Gasteiger partial charge in [-0.25, -0.2) is 0 Å². The molecule has 0 saturated heterocycles. The average Bonchev–Trinajstić information content (AvgIpc) is 3.13. The van der Waals surface area contributed by atoms with Crippen molar-refractivity contribution in [3.05, 3.63) is 77.5 Å². The zero-order valence-corrected chi connectivity index (χ0v) is 13.1. The average molecular weight is 342 g/mol. The van der Waals surface area contributed by atoms with Crippen molar-refractivity contribution < 1.29 is 14.0 Å². The number of hydrogen-bond acceptors (Lipinski definition) is 4. The highest BCUT2D eigenvalue weighted by Gasteiger charge is 2.14. The van der Waals surface area contributed by atoms with Crippen LogP contribution in [0.1, 0.15) is 20.9 Å². The number of carbonyl (C=O) groups excluding carboxylic acids is 2. The van der Waals surface area contributed by atoms with Crippen LogP contribution in [0.3, 0.4) is 0 Å². The fourth-order valence-electron chi connectivity index (χ4n) is 2.02. The van der Waals surface area contributed by atoms with Crippen LogP contribution in [0.25, 0.3) is 0 Å². The Bertz CT molecular complexity index is 864. The minimum absolute atomic E-state index is 0.154. The van der Waals surface area contributed by atoms with Crippen LogP contribution in [0.15, 0.2) is 65.5 Å². The van der Waals surface area contributed by atoms with Crippen molar-refractivity contribution in [3.63, 3.8) is 0 Å². The quantitative estimate of drug-likeness (QED) is 0.755. The van der Waals surface area contributed by atoms with Gasteiger partial charge < -0.3 is 15.1 Å². The molecule has 0 unspecified atom stereocenters. The molecule has 120 valence electrons. The van der Waals surface area contributed by atoms with Crippen molar-refractivity contribution >= 4 is 34.8 Å². The highest BCUT2D eigenvalue weighted by molar-refractivity contribution is 6.31. The lowest BCUT2D eigenvalue weighted by Crippen LogP contribution is -2.16. The maximum absolute atomic E-state index is 12.3. The molecule has 0 fully saturated rings. The third-order valence-corrected chi connectivity index (χ3v) is 3.40. The topological polar surface area (TPSA) is 84.2 Å². The maximum atomic E-state index is 12.3. The highest BCUT2D eigenvalue weighted by Crippen LogP contribution is 2.27. The molecule has 0 radical (unpaired) electrons. The maximum Gasteiger partial charge on any atom is 0.291 e. The second-order valence-corrected chi connectivity index (χ2v) is 5.25. The predicted molar refractivity (Wildman–Crippen MR) is 90.3 cm³/mol. The van der Waals surface area contributed by atoms with Gasteiger partial charge in [0.05, 0.1) is 17.6 Å². The number of benzene rings is 1. The molecular weight excluding hydrogens is 330 g/mol. The Morgan fingerprint density at radius 1 is 0.958 bits per heavy atom. The van der Waals surface area contributed by atoms with E-state index in [1.807, 2.05) is 0 Å². The van der Waals surface area contributed by atoms with Crippen LogP contribution in [0.4, 0.5) is 11.4 Å². The number of furan rings is 1. The van der Waals surface area contributed by atoms with Crippen molar-refractivity contribution in [1.82, 2.24) is 4.98 Å². The van der Waals surface area contributed by atoms with Crippen LogP contribution in [-0.4, -0.2) is 16.8 Å². The van der Waals surface area contributed by atoms with Gasteiger partial charge in [-0.3, -0.25) is 14.6 Å². The lowest BCUT2D eigenvalue weighted by atomic mass is 10.2. The van der Waals surface area contributed by atoms with E-state index in [4.69, 9.17) is 16.0 Å². The molecule has 24 heavy (non-hydrogen) atoms. The van der Waals surface area contributed by atoms with Gasteiger partial charge in [-0.05, 0) is 42.5 Å². The SMILES string of the molecule is O=C(Nc1ccc(Cl)cc1NC(=O)c1ccco1)c1ccncc1. The van der Waals surface area contributed by atoms with E-state index in [1.54, 1.807) is 36.4 Å². The van der Waals surface area contributed by atoms with E-state index in [2.05, 4.69) is 15.6 Å². The van der Waals surface area contributed by atoms with Crippen molar-refractivity contribution in [2.45, 2.75) is 0 Å². The van der Waals surface area contributed by atoms with Crippen LogP contribution in [-0.2, 0) is 0 Å². The van der Waals surface area contributed by atoms with Gasteiger partial charge in [0.15, 0.2) is 5.76 Å². The summed E-state index contributed by atoms with van der Waals surface area (Å²) < 4.78 is 5.05. The Balaban J connectivity index is 1.83. The molecular formula is C17H12ClN3O3. The smallest absolute Gasteiger partial charge is 0.291 e. The summed E-state index contributed by atoms with van der Waals surface area (Å²) in [5, 5.41) is 5.82. The molecule has 0 atom stereocenters. The number of halogens is 1. The number of pyridine rings is 1. The molecule has 7 heteroatoms. The summed E-state index contributed by atoms with van der Waals surface area (Å²) in [5.41, 5.74) is 1.23. The molecule has 0 bridgehead atoms. The number of amides is 2. The monoisotopic (exact) mass is 341 g/mol. The Morgan fingerprint density at radius 2 is 1.71 bits per heavy atom. The normalized spacial score (nSPS) is 10.2. The number of carbonyl (C=O) groups is 2. The summed E-state index contributed by atoms with van der Waals surface area (Å²) in [4.78, 5) is 28.3. The molecule has 0 spiro atoms. The number of nitrogens with zero attached hydrogens (tertiary/aromatic N) is 1. The van der Waals surface area contributed by atoms with Crippen LogP contribution < -0.4 is 10.6 Å². The molecule has 2 heterocycles. The molecule has 6 nitrogen and oxygen atoms in total. The second kappa shape index (κ2) is 6.97. The zero-order valence-electron chi connectivity index (χ0n) is 12.3. The van der Waals surface area contributed by atoms with Crippen LogP contribution >= 0.6 is 11.6 Å². The Labute approximate surface area is 142 Å². The van der Waals surface area contributed by atoms with Crippen LogP contribution in [0.2, 0.25) is 5.02 Å². The number of aromatic nitrogens is 1. The number of nitrogens with one attached hydrogen (secondary N) is 2. The first-order chi connectivity index (χ1) is 11.6. The molecule has 0 aliphatic rings. The summed E-state index contributed by atoms with van der Waals surface area (Å²) in [6.07, 6.45) is 4.45. The largest absolute Gasteiger partial charge is 0.459 e. The van der Waals surface area contributed by atoms with Crippen LogP contribution in [0, 0.1) is 0 Å². The summed E-state index contributed by atoms with van der Waals surface area (Å²) in [5.74, 6) is -0.615. The van der Waals surface area contributed by atoms with Gasteiger partial charge in [0.1, 0.15) is 0 Å². The lowest BCUT2D eigenvalue weighted by Gasteiger charge is -2.12. The summed E-state index contributed by atoms with van der Waals surface area (Å²) in [6, 6.07) is 11.1. The Morgan fingerprint density at radius 3 is 2.42 bits per heavy atom. The van der Waals surface area contributed by atoms with Gasteiger partial charge in [-0.2, -0.15) is 0 Å². The lowest BCUT2D eigenvalue weighted by molar-refractivity contribution is 0.0993. The summed E-state index contributed by atoms with van der Waals surface area (Å²) >= 11 is 5.98. The van der Waals surface area contributed by atoms with Gasteiger partial charge in [-0.1, -0.05) is 11.6 Å². The van der Waals surface area contributed by atoms with Gasteiger partial charge in [0.25, 0.3) is 11.8 Å². The fourth-order valence-corrected chi connectivity index (χ4v) is 2.19.